The molecule has 2 N–H and O–H groups in total. The van der Waals surface area contributed by atoms with Crippen molar-refractivity contribution in [2.75, 3.05) is 20.1 Å². The van der Waals surface area contributed by atoms with Crippen LogP contribution in [-0.2, 0) is 4.79 Å². The molecular weight excluding hydrogens is 300 g/mol. The molecule has 1 amide bonds. The van der Waals surface area contributed by atoms with E-state index >= 15 is 0 Å². The molecule has 1 heterocycles. The maximum absolute atomic E-state index is 11.9. The summed E-state index contributed by atoms with van der Waals surface area (Å²) >= 11 is 0. The van der Waals surface area contributed by atoms with E-state index in [1.54, 1.807) is 0 Å². The highest BCUT2D eigenvalue weighted by Gasteiger charge is 2.26. The lowest BCUT2D eigenvalue weighted by molar-refractivity contribution is -0.129. The lowest BCUT2D eigenvalue weighted by atomic mass is 10.1. The third-order valence-electron chi connectivity index (χ3n) is 4.89. The number of hydrogen-bond acceptors (Lipinski definition) is 2. The van der Waals surface area contributed by atoms with Crippen molar-refractivity contribution in [3.8, 4) is 0 Å². The summed E-state index contributed by atoms with van der Waals surface area (Å²) in [6.45, 7) is 8.41. The van der Waals surface area contributed by atoms with Gasteiger partial charge in [-0.25, -0.2) is 0 Å². The minimum Gasteiger partial charge on any atom is -0.356 e. The van der Waals surface area contributed by atoms with Crippen molar-refractivity contribution in [3.05, 3.63) is 0 Å². The Morgan fingerprint density at radius 2 is 2.04 bits per heavy atom. The van der Waals surface area contributed by atoms with Gasteiger partial charge >= 0.3 is 0 Å². The molecule has 1 saturated heterocycles. The summed E-state index contributed by atoms with van der Waals surface area (Å²) in [5.74, 6) is 1.20. The highest BCUT2D eigenvalue weighted by atomic mass is 16.2. The van der Waals surface area contributed by atoms with Crippen LogP contribution in [0.5, 0.6) is 0 Å². The third kappa shape index (κ3) is 7.54. The van der Waals surface area contributed by atoms with Crippen LogP contribution in [0.15, 0.2) is 4.99 Å². The number of nitrogens with one attached hydrogen (secondary N) is 2. The predicted octanol–water partition coefficient (Wildman–Crippen LogP) is 3.30. The highest BCUT2D eigenvalue weighted by molar-refractivity contribution is 5.80. The molecule has 140 valence electrons. The minimum atomic E-state index is 0.324. The van der Waals surface area contributed by atoms with Gasteiger partial charge in [-0.3, -0.25) is 9.79 Å². The Morgan fingerprint density at radius 3 is 2.62 bits per heavy atom. The van der Waals surface area contributed by atoms with Crippen molar-refractivity contribution < 1.29 is 4.79 Å². The molecule has 0 spiro atoms. The number of carbonyl (C=O) groups is 1. The molecular formula is C19H38N4O. The van der Waals surface area contributed by atoms with Gasteiger partial charge < -0.3 is 15.5 Å². The van der Waals surface area contributed by atoms with Gasteiger partial charge in [0.2, 0.25) is 5.91 Å². The second-order valence-electron chi connectivity index (χ2n) is 6.94. The van der Waals surface area contributed by atoms with E-state index in [9.17, 15) is 4.79 Å². The third-order valence-corrected chi connectivity index (χ3v) is 4.89. The average molecular weight is 339 g/mol. The maximum Gasteiger partial charge on any atom is 0.222 e. The van der Waals surface area contributed by atoms with E-state index in [1.807, 2.05) is 7.05 Å². The summed E-state index contributed by atoms with van der Waals surface area (Å²) in [5, 5.41) is 6.88. The van der Waals surface area contributed by atoms with E-state index < -0.39 is 0 Å². The van der Waals surface area contributed by atoms with E-state index in [0.29, 0.717) is 18.0 Å². The topological polar surface area (TPSA) is 56.7 Å². The van der Waals surface area contributed by atoms with Gasteiger partial charge in [-0.15, -0.1) is 0 Å². The smallest absolute Gasteiger partial charge is 0.222 e. The Hall–Kier alpha value is -1.26. The fraction of sp³-hybridized carbons (Fsp3) is 0.895. The van der Waals surface area contributed by atoms with Crippen LogP contribution in [-0.4, -0.2) is 49.0 Å². The number of hydrogen-bond donors (Lipinski definition) is 2. The van der Waals surface area contributed by atoms with Crippen molar-refractivity contribution in [1.82, 2.24) is 15.5 Å². The first-order chi connectivity index (χ1) is 11.6. The number of nitrogens with zero attached hydrogens (tertiary/aromatic N) is 2. The average Bonchev–Trinajstić information content (AvgIpc) is 3.00. The van der Waals surface area contributed by atoms with Crippen LogP contribution in [0.2, 0.25) is 0 Å². The zero-order chi connectivity index (χ0) is 17.8. The van der Waals surface area contributed by atoms with Gasteiger partial charge in [-0.05, 0) is 32.6 Å². The first-order valence-electron chi connectivity index (χ1n) is 9.89. The lowest BCUT2D eigenvalue weighted by Crippen LogP contribution is -2.44. The number of carbonyl (C=O) groups excluding carboxylic acids is 1. The molecule has 2 unspecified atom stereocenters. The number of unbranched alkanes of at least 4 members (excludes halogenated alkanes) is 3. The second-order valence-corrected chi connectivity index (χ2v) is 6.94. The molecule has 0 bridgehead atoms. The summed E-state index contributed by atoms with van der Waals surface area (Å²) in [7, 11) is 1.82. The summed E-state index contributed by atoms with van der Waals surface area (Å²) in [6, 6.07) is 0.798. The summed E-state index contributed by atoms with van der Waals surface area (Å²) in [6.07, 6.45) is 10.1. The van der Waals surface area contributed by atoms with Gasteiger partial charge in [0, 0.05) is 38.6 Å². The molecule has 1 rings (SSSR count). The quantitative estimate of drug-likeness (QED) is 0.345. The monoisotopic (exact) mass is 338 g/mol. The Balaban J connectivity index is 2.26. The normalized spacial score (nSPS) is 17.9. The van der Waals surface area contributed by atoms with Gasteiger partial charge in [-0.2, -0.15) is 0 Å². The molecule has 1 fully saturated rings. The number of rotatable bonds is 11. The van der Waals surface area contributed by atoms with E-state index in [1.165, 1.54) is 32.1 Å². The van der Waals surface area contributed by atoms with E-state index in [-0.39, 0.29) is 0 Å². The van der Waals surface area contributed by atoms with Crippen LogP contribution in [0.4, 0.5) is 0 Å². The van der Waals surface area contributed by atoms with Gasteiger partial charge in [0.1, 0.15) is 0 Å². The van der Waals surface area contributed by atoms with Crippen molar-refractivity contribution >= 4 is 11.9 Å². The van der Waals surface area contributed by atoms with Crippen LogP contribution < -0.4 is 10.6 Å². The Kier molecular flexibility index (Phi) is 10.5. The van der Waals surface area contributed by atoms with Crippen LogP contribution in [0, 0.1) is 0 Å². The van der Waals surface area contributed by atoms with Gasteiger partial charge in [0.05, 0.1) is 0 Å². The predicted molar refractivity (Wildman–Crippen MR) is 102 cm³/mol. The number of likely N-dealkylation sites (tertiary alicyclic amines) is 1. The van der Waals surface area contributed by atoms with Crippen LogP contribution >= 0.6 is 0 Å². The van der Waals surface area contributed by atoms with Crippen molar-refractivity contribution in [2.45, 2.75) is 90.6 Å². The fourth-order valence-corrected chi connectivity index (χ4v) is 3.37. The van der Waals surface area contributed by atoms with E-state index in [0.717, 1.165) is 44.7 Å². The van der Waals surface area contributed by atoms with Crippen molar-refractivity contribution in [3.63, 3.8) is 0 Å². The molecule has 5 nitrogen and oxygen atoms in total. The minimum absolute atomic E-state index is 0.324. The molecule has 0 saturated carbocycles. The van der Waals surface area contributed by atoms with E-state index in [2.05, 4.69) is 41.3 Å². The Morgan fingerprint density at radius 1 is 1.25 bits per heavy atom. The van der Waals surface area contributed by atoms with Crippen LogP contribution in [0.25, 0.3) is 0 Å². The molecule has 1 aliphatic heterocycles. The number of guanidine groups is 1. The van der Waals surface area contributed by atoms with Gasteiger partial charge in [-0.1, -0.05) is 39.5 Å². The zero-order valence-electron chi connectivity index (χ0n) is 16.2. The Labute approximate surface area is 148 Å². The molecule has 0 aromatic heterocycles. The number of aliphatic imine (C=N–C) groups is 1. The molecule has 24 heavy (non-hydrogen) atoms. The summed E-state index contributed by atoms with van der Waals surface area (Å²) < 4.78 is 0. The summed E-state index contributed by atoms with van der Waals surface area (Å²) in [5.41, 5.74) is 0. The van der Waals surface area contributed by atoms with Crippen molar-refractivity contribution in [2.24, 2.45) is 4.99 Å². The molecule has 5 heteroatoms. The van der Waals surface area contributed by atoms with Crippen molar-refractivity contribution in [1.29, 1.82) is 0 Å². The SMILES string of the molecule is CCCCCCC(C)NC(=NC)NCCC(CC)N1CCCC1=O. The molecule has 0 aromatic rings. The molecule has 2 atom stereocenters. The first kappa shape index (κ1) is 20.8. The Bertz CT molecular complexity index is 384. The van der Waals surface area contributed by atoms with Gasteiger partial charge in [0.15, 0.2) is 5.96 Å². The summed E-state index contributed by atoms with van der Waals surface area (Å²) in [4.78, 5) is 18.3. The fourth-order valence-electron chi connectivity index (χ4n) is 3.37. The van der Waals surface area contributed by atoms with Gasteiger partial charge in [0.25, 0.3) is 0 Å². The molecule has 0 aliphatic carbocycles. The molecule has 0 aromatic carbocycles. The standard InChI is InChI=1S/C19H38N4O/c1-5-7-8-9-11-16(3)22-19(20-4)21-14-13-17(6-2)23-15-10-12-18(23)24/h16-17H,5-15H2,1-4H3,(H2,20,21,22). The highest BCUT2D eigenvalue weighted by Crippen LogP contribution is 2.17. The second kappa shape index (κ2) is 12.2. The number of amides is 1. The van der Waals surface area contributed by atoms with Crippen LogP contribution in [0.3, 0.4) is 0 Å². The lowest BCUT2D eigenvalue weighted by Gasteiger charge is -2.27. The molecule has 0 radical (unpaired) electrons. The van der Waals surface area contributed by atoms with Crippen LogP contribution in [0.1, 0.15) is 78.6 Å². The largest absolute Gasteiger partial charge is 0.356 e. The molecule has 1 aliphatic rings. The zero-order valence-corrected chi connectivity index (χ0v) is 16.2. The van der Waals surface area contributed by atoms with E-state index in [4.69, 9.17) is 0 Å². The maximum atomic E-state index is 11.9. The first-order valence-corrected chi connectivity index (χ1v) is 9.89.